The van der Waals surface area contributed by atoms with Crippen LogP contribution in [-0.4, -0.2) is 53.0 Å². The van der Waals surface area contributed by atoms with Crippen molar-refractivity contribution in [1.29, 1.82) is 0 Å². The molecule has 2 heterocycles. The highest BCUT2D eigenvalue weighted by atomic mass is 35.5. The first-order chi connectivity index (χ1) is 16.5. The molecule has 6 nitrogen and oxygen atoms in total. The van der Waals surface area contributed by atoms with Gasteiger partial charge in [-0.25, -0.2) is 9.37 Å². The van der Waals surface area contributed by atoms with Gasteiger partial charge in [0.05, 0.1) is 21.3 Å². The summed E-state index contributed by atoms with van der Waals surface area (Å²) < 4.78 is 15.1. The van der Waals surface area contributed by atoms with Gasteiger partial charge < -0.3 is 15.2 Å². The van der Waals surface area contributed by atoms with E-state index in [0.717, 1.165) is 5.69 Å². The number of aromatic nitrogens is 2. The second-order valence-electron chi connectivity index (χ2n) is 9.54. The molecule has 0 aliphatic carbocycles. The van der Waals surface area contributed by atoms with E-state index in [0.29, 0.717) is 40.9 Å². The van der Waals surface area contributed by atoms with Gasteiger partial charge in [-0.05, 0) is 57.1 Å². The molecule has 0 bridgehead atoms. The largest absolute Gasteiger partial charge is 0.366 e. The van der Waals surface area contributed by atoms with Gasteiger partial charge in [-0.15, -0.1) is 24.8 Å². The molecule has 37 heavy (non-hydrogen) atoms. The van der Waals surface area contributed by atoms with Crippen molar-refractivity contribution < 1.29 is 9.18 Å². The first-order valence-corrected chi connectivity index (χ1v) is 12.4. The van der Waals surface area contributed by atoms with Crippen LogP contribution >= 0.6 is 48.0 Å². The monoisotopic (exact) mass is 589 g/mol. The highest BCUT2D eigenvalue weighted by Crippen LogP contribution is 2.32. The Kier molecular flexibility index (Phi) is 10.7. The van der Waals surface area contributed by atoms with E-state index in [2.05, 4.69) is 54.9 Å². The Hall–Kier alpha value is -2.03. The number of anilines is 2. The van der Waals surface area contributed by atoms with Gasteiger partial charge in [-0.3, -0.25) is 9.69 Å². The fourth-order valence-corrected chi connectivity index (χ4v) is 4.75. The summed E-state index contributed by atoms with van der Waals surface area (Å²) in [6.07, 6.45) is 1.77. The van der Waals surface area contributed by atoms with Crippen molar-refractivity contribution in [2.45, 2.75) is 45.7 Å². The standard InChI is InChI=1S/C26H30Cl2FN5O.2ClH/c1-14(2)23-11-30-25(32-23)18-8-17(6-7-20(18)27)31-26(35)19-9-22(29)24(10-21(19)28)34-12-15(3)33(5)16(4)13-34;;/h6-11,14-16H,12-13H2,1-5H3,(H,30,32)(H,31,35);2*1H. The van der Waals surface area contributed by atoms with Crippen molar-refractivity contribution >= 4 is 65.3 Å². The smallest absolute Gasteiger partial charge is 0.257 e. The molecule has 11 heteroatoms. The zero-order chi connectivity index (χ0) is 25.4. The minimum atomic E-state index is -0.504. The molecule has 0 spiro atoms. The summed E-state index contributed by atoms with van der Waals surface area (Å²) in [7, 11) is 2.07. The molecule has 1 aliphatic rings. The van der Waals surface area contributed by atoms with Gasteiger partial charge in [0.15, 0.2) is 0 Å². The SMILES string of the molecule is CC(C)c1cnc(-c2cc(NC(=O)c3cc(F)c(N4CC(C)N(C)C(C)C4)cc3Cl)ccc2Cl)[nH]1.Cl.Cl. The molecule has 2 unspecified atom stereocenters. The lowest BCUT2D eigenvalue weighted by Crippen LogP contribution is -2.55. The van der Waals surface area contributed by atoms with Gasteiger partial charge in [-0.1, -0.05) is 37.0 Å². The molecule has 202 valence electrons. The Morgan fingerprint density at radius 2 is 1.76 bits per heavy atom. The second kappa shape index (κ2) is 12.7. The van der Waals surface area contributed by atoms with Gasteiger partial charge in [-0.2, -0.15) is 0 Å². The van der Waals surface area contributed by atoms with Crippen LogP contribution < -0.4 is 10.2 Å². The molecule has 1 fully saturated rings. The van der Waals surface area contributed by atoms with Crippen molar-refractivity contribution in [2.75, 3.05) is 30.4 Å². The third kappa shape index (κ3) is 6.70. The maximum Gasteiger partial charge on any atom is 0.257 e. The van der Waals surface area contributed by atoms with Gasteiger partial charge in [0, 0.05) is 48.3 Å². The average Bonchev–Trinajstić information content (AvgIpc) is 3.30. The highest BCUT2D eigenvalue weighted by molar-refractivity contribution is 6.35. The molecule has 2 N–H and O–H groups in total. The average molecular weight is 591 g/mol. The van der Waals surface area contributed by atoms with Crippen LogP contribution in [0.1, 0.15) is 49.7 Å². The number of nitrogens with zero attached hydrogens (tertiary/aromatic N) is 3. The molecule has 4 rings (SSSR count). The Balaban J connectivity index is 0.00000241. The minimum Gasteiger partial charge on any atom is -0.366 e. The summed E-state index contributed by atoms with van der Waals surface area (Å²) in [5.74, 6) is -0.0812. The number of hydrogen-bond donors (Lipinski definition) is 2. The summed E-state index contributed by atoms with van der Waals surface area (Å²) in [5.41, 5.74) is 2.61. The maximum absolute atomic E-state index is 15.1. The van der Waals surface area contributed by atoms with Crippen molar-refractivity contribution in [3.05, 3.63) is 63.6 Å². The molecule has 2 aromatic carbocycles. The number of nitrogens with one attached hydrogen (secondary N) is 2. The lowest BCUT2D eigenvalue weighted by molar-refractivity contribution is 0.102. The van der Waals surface area contributed by atoms with Crippen LogP contribution in [0.5, 0.6) is 0 Å². The quantitative estimate of drug-likeness (QED) is 0.328. The molecule has 1 amide bonds. The van der Waals surface area contributed by atoms with Crippen molar-refractivity contribution in [2.24, 2.45) is 0 Å². The molecule has 3 aromatic rings. The topological polar surface area (TPSA) is 64.3 Å². The molecule has 1 aliphatic heterocycles. The van der Waals surface area contributed by atoms with Crippen LogP contribution in [0, 0.1) is 5.82 Å². The molecule has 1 saturated heterocycles. The van der Waals surface area contributed by atoms with Gasteiger partial charge in [0.25, 0.3) is 5.91 Å². The van der Waals surface area contributed by atoms with E-state index in [1.807, 2.05) is 4.90 Å². The number of piperazine rings is 1. The third-order valence-electron chi connectivity index (χ3n) is 6.68. The molecule has 0 radical (unpaired) electrons. The molecule has 0 saturated carbocycles. The van der Waals surface area contributed by atoms with Crippen LogP contribution in [0.3, 0.4) is 0 Å². The number of hydrogen-bond acceptors (Lipinski definition) is 4. The number of likely N-dealkylation sites (N-methyl/N-ethyl adjacent to an activating group) is 1. The van der Waals surface area contributed by atoms with E-state index in [1.165, 1.54) is 6.07 Å². The molecule has 2 atom stereocenters. The Morgan fingerprint density at radius 3 is 2.35 bits per heavy atom. The predicted octanol–water partition coefficient (Wildman–Crippen LogP) is 7.27. The zero-order valence-corrected chi connectivity index (χ0v) is 24.5. The fraction of sp³-hybridized carbons (Fsp3) is 0.385. The zero-order valence-electron chi connectivity index (χ0n) is 21.3. The number of halogens is 5. The normalized spacial score (nSPS) is 17.8. The lowest BCUT2D eigenvalue weighted by Gasteiger charge is -2.43. The number of carbonyl (C=O) groups excluding carboxylic acids is 1. The molecular weight excluding hydrogens is 559 g/mol. The summed E-state index contributed by atoms with van der Waals surface area (Å²) in [6, 6.07) is 8.38. The predicted molar refractivity (Wildman–Crippen MR) is 156 cm³/mol. The second-order valence-corrected chi connectivity index (χ2v) is 10.4. The fourth-order valence-electron chi connectivity index (χ4n) is 4.30. The van der Waals surface area contributed by atoms with Crippen LogP contribution in [0.4, 0.5) is 15.8 Å². The van der Waals surface area contributed by atoms with E-state index < -0.39 is 11.7 Å². The van der Waals surface area contributed by atoms with Crippen LogP contribution in [0.25, 0.3) is 11.4 Å². The molecule has 1 aromatic heterocycles. The first kappa shape index (κ1) is 31.2. The summed E-state index contributed by atoms with van der Waals surface area (Å²) in [5, 5.41) is 3.49. The van der Waals surface area contributed by atoms with Gasteiger partial charge >= 0.3 is 0 Å². The van der Waals surface area contributed by atoms with Crippen molar-refractivity contribution in [1.82, 2.24) is 14.9 Å². The van der Waals surface area contributed by atoms with E-state index >= 15 is 4.39 Å². The molecular formula is C26H32Cl4FN5O. The van der Waals surface area contributed by atoms with E-state index in [4.69, 9.17) is 23.2 Å². The Labute approximate surface area is 239 Å². The van der Waals surface area contributed by atoms with Crippen LogP contribution in [-0.2, 0) is 0 Å². The third-order valence-corrected chi connectivity index (χ3v) is 7.32. The summed E-state index contributed by atoms with van der Waals surface area (Å²) >= 11 is 12.9. The van der Waals surface area contributed by atoms with E-state index in [-0.39, 0.29) is 53.4 Å². The first-order valence-electron chi connectivity index (χ1n) is 11.7. The number of imidazole rings is 1. The van der Waals surface area contributed by atoms with Crippen LogP contribution in [0.15, 0.2) is 36.5 Å². The van der Waals surface area contributed by atoms with Crippen molar-refractivity contribution in [3.63, 3.8) is 0 Å². The number of amides is 1. The Morgan fingerprint density at radius 1 is 1.11 bits per heavy atom. The van der Waals surface area contributed by atoms with E-state index in [1.54, 1.807) is 30.5 Å². The Bertz CT molecular complexity index is 1240. The maximum atomic E-state index is 15.1. The number of rotatable bonds is 5. The lowest BCUT2D eigenvalue weighted by atomic mass is 10.1. The van der Waals surface area contributed by atoms with Crippen molar-refractivity contribution in [3.8, 4) is 11.4 Å². The number of carbonyl (C=O) groups is 1. The summed E-state index contributed by atoms with van der Waals surface area (Å²) in [6.45, 7) is 9.70. The van der Waals surface area contributed by atoms with Gasteiger partial charge in [0.1, 0.15) is 11.6 Å². The summed E-state index contributed by atoms with van der Waals surface area (Å²) in [4.78, 5) is 24.9. The van der Waals surface area contributed by atoms with Crippen LogP contribution in [0.2, 0.25) is 10.0 Å². The number of H-pyrrole nitrogens is 1. The minimum absolute atomic E-state index is 0. The number of benzene rings is 2. The number of aromatic amines is 1. The van der Waals surface area contributed by atoms with Gasteiger partial charge in [0.2, 0.25) is 0 Å². The highest BCUT2D eigenvalue weighted by Gasteiger charge is 2.29. The van der Waals surface area contributed by atoms with E-state index in [9.17, 15) is 4.79 Å².